The van der Waals surface area contributed by atoms with Crippen LogP contribution in [0.4, 0.5) is 5.69 Å². The van der Waals surface area contributed by atoms with Crippen molar-refractivity contribution < 1.29 is 14.5 Å². The van der Waals surface area contributed by atoms with Gasteiger partial charge in [0.05, 0.1) is 29.0 Å². The van der Waals surface area contributed by atoms with Gasteiger partial charge in [-0.2, -0.15) is 5.10 Å². The first-order chi connectivity index (χ1) is 9.11. The predicted octanol–water partition coefficient (Wildman–Crippen LogP) is 1.96. The number of non-ortho nitro benzene ring substituents is 1. The van der Waals surface area contributed by atoms with Crippen LogP contribution in [-0.4, -0.2) is 27.3 Å². The lowest BCUT2D eigenvalue weighted by Gasteiger charge is -2.00. The molecule has 2 aromatic rings. The third-order valence-corrected chi connectivity index (χ3v) is 2.40. The van der Waals surface area contributed by atoms with Crippen molar-refractivity contribution in [3.63, 3.8) is 0 Å². The Kier molecular flexibility index (Phi) is 3.56. The highest BCUT2D eigenvalue weighted by molar-refractivity contribution is 5.88. The number of hydrogen-bond acceptors (Lipinski definition) is 5. The van der Waals surface area contributed by atoms with E-state index >= 15 is 0 Å². The van der Waals surface area contributed by atoms with Gasteiger partial charge < -0.3 is 4.74 Å². The van der Waals surface area contributed by atoms with Gasteiger partial charge in [0.1, 0.15) is 0 Å². The summed E-state index contributed by atoms with van der Waals surface area (Å²) in [6, 6.07) is 5.98. The number of ether oxygens (including phenoxy) is 1. The first-order valence-electron chi connectivity index (χ1n) is 5.58. The molecule has 19 heavy (non-hydrogen) atoms. The summed E-state index contributed by atoms with van der Waals surface area (Å²) in [6.07, 6.45) is 2.83. The van der Waals surface area contributed by atoms with Gasteiger partial charge in [0, 0.05) is 18.3 Å². The maximum absolute atomic E-state index is 11.5. The highest BCUT2D eigenvalue weighted by Gasteiger charge is 2.12. The van der Waals surface area contributed by atoms with Crippen molar-refractivity contribution in [3.8, 4) is 5.69 Å². The maximum atomic E-state index is 11.5. The van der Waals surface area contributed by atoms with E-state index < -0.39 is 10.9 Å². The molecule has 98 valence electrons. The molecule has 0 saturated heterocycles. The number of carbonyl (C=O) groups excluding carboxylic acids is 1. The molecule has 0 aliphatic carbocycles. The van der Waals surface area contributed by atoms with E-state index in [4.69, 9.17) is 4.74 Å². The summed E-state index contributed by atoms with van der Waals surface area (Å²) in [7, 11) is 0. The van der Waals surface area contributed by atoms with Gasteiger partial charge in [-0.3, -0.25) is 10.1 Å². The van der Waals surface area contributed by atoms with E-state index in [0.717, 1.165) is 0 Å². The monoisotopic (exact) mass is 261 g/mol. The summed E-state index contributed by atoms with van der Waals surface area (Å²) >= 11 is 0. The largest absolute Gasteiger partial charge is 0.462 e. The minimum atomic E-state index is -0.487. The fourth-order valence-corrected chi connectivity index (χ4v) is 1.53. The van der Waals surface area contributed by atoms with E-state index in [1.54, 1.807) is 19.1 Å². The van der Waals surface area contributed by atoms with Crippen molar-refractivity contribution in [3.05, 3.63) is 52.3 Å². The van der Waals surface area contributed by atoms with Gasteiger partial charge in [0.25, 0.3) is 5.69 Å². The van der Waals surface area contributed by atoms with Crippen LogP contribution in [0.2, 0.25) is 0 Å². The molecule has 0 spiro atoms. The van der Waals surface area contributed by atoms with Crippen molar-refractivity contribution in [2.24, 2.45) is 0 Å². The molecule has 0 N–H and O–H groups in total. The fourth-order valence-electron chi connectivity index (χ4n) is 1.53. The third-order valence-electron chi connectivity index (χ3n) is 2.40. The minimum Gasteiger partial charge on any atom is -0.462 e. The number of nitro benzene ring substituents is 1. The molecule has 0 aliphatic rings. The molecule has 7 heteroatoms. The lowest BCUT2D eigenvalue weighted by molar-refractivity contribution is -0.384. The van der Waals surface area contributed by atoms with Crippen LogP contribution in [0.15, 0.2) is 36.7 Å². The van der Waals surface area contributed by atoms with E-state index in [1.807, 2.05) is 0 Å². The molecule has 0 fully saturated rings. The van der Waals surface area contributed by atoms with Gasteiger partial charge >= 0.3 is 5.97 Å². The second-order valence-electron chi connectivity index (χ2n) is 3.67. The lowest BCUT2D eigenvalue weighted by atomic mass is 10.3. The second kappa shape index (κ2) is 5.30. The average molecular weight is 261 g/mol. The minimum absolute atomic E-state index is 0.0364. The molecule has 0 atom stereocenters. The number of carbonyl (C=O) groups is 1. The second-order valence-corrected chi connectivity index (χ2v) is 3.67. The summed E-state index contributed by atoms with van der Waals surface area (Å²) in [6.45, 7) is 1.99. The van der Waals surface area contributed by atoms with E-state index in [9.17, 15) is 14.9 Å². The Morgan fingerprint density at radius 3 is 3.00 bits per heavy atom. The van der Waals surface area contributed by atoms with Crippen LogP contribution in [0.3, 0.4) is 0 Å². The summed E-state index contributed by atoms with van der Waals surface area (Å²) in [5.41, 5.74) is 0.767. The Bertz CT molecular complexity index is 621. The quantitative estimate of drug-likeness (QED) is 0.477. The molecule has 1 aromatic carbocycles. The van der Waals surface area contributed by atoms with Crippen molar-refractivity contribution >= 4 is 11.7 Å². The SMILES string of the molecule is CCOC(=O)c1cnn(-c2cccc([N+](=O)[O-])c2)c1. The number of rotatable bonds is 4. The number of esters is 1. The number of hydrogen-bond donors (Lipinski definition) is 0. The third kappa shape index (κ3) is 2.76. The zero-order valence-corrected chi connectivity index (χ0v) is 10.1. The molecule has 0 bridgehead atoms. The van der Waals surface area contributed by atoms with E-state index in [0.29, 0.717) is 11.3 Å². The first-order valence-corrected chi connectivity index (χ1v) is 5.58. The van der Waals surface area contributed by atoms with Crippen LogP contribution in [0.1, 0.15) is 17.3 Å². The Morgan fingerprint density at radius 1 is 1.53 bits per heavy atom. The van der Waals surface area contributed by atoms with E-state index in [1.165, 1.54) is 29.2 Å². The predicted molar refractivity (Wildman–Crippen MR) is 66.2 cm³/mol. The van der Waals surface area contributed by atoms with Crippen LogP contribution in [0.5, 0.6) is 0 Å². The van der Waals surface area contributed by atoms with Gasteiger partial charge in [-0.05, 0) is 13.0 Å². The molecule has 2 rings (SSSR count). The van der Waals surface area contributed by atoms with Crippen molar-refractivity contribution in [1.82, 2.24) is 9.78 Å². The Morgan fingerprint density at radius 2 is 2.32 bits per heavy atom. The van der Waals surface area contributed by atoms with E-state index in [-0.39, 0.29) is 12.3 Å². The molecule has 7 nitrogen and oxygen atoms in total. The molecular formula is C12H11N3O4. The summed E-state index contributed by atoms with van der Waals surface area (Å²) < 4.78 is 6.23. The van der Waals surface area contributed by atoms with Crippen molar-refractivity contribution in [2.45, 2.75) is 6.92 Å². The number of nitro groups is 1. The first kappa shape index (κ1) is 12.7. The van der Waals surface area contributed by atoms with E-state index in [2.05, 4.69) is 5.10 Å². The van der Waals surface area contributed by atoms with Crippen LogP contribution >= 0.6 is 0 Å². The zero-order valence-electron chi connectivity index (χ0n) is 10.1. The van der Waals surface area contributed by atoms with Gasteiger partial charge in [-0.15, -0.1) is 0 Å². The number of aromatic nitrogens is 2. The molecule has 0 radical (unpaired) electrons. The Labute approximate surface area is 108 Å². The molecule has 0 saturated carbocycles. The highest BCUT2D eigenvalue weighted by atomic mass is 16.6. The van der Waals surface area contributed by atoms with Gasteiger partial charge in [-0.1, -0.05) is 6.07 Å². The van der Waals surface area contributed by atoms with Gasteiger partial charge in [-0.25, -0.2) is 9.48 Å². The number of nitrogens with zero attached hydrogens (tertiary/aromatic N) is 3. The smallest absolute Gasteiger partial charge is 0.341 e. The molecular weight excluding hydrogens is 250 g/mol. The Balaban J connectivity index is 2.30. The van der Waals surface area contributed by atoms with Crippen LogP contribution in [-0.2, 0) is 4.74 Å². The zero-order chi connectivity index (χ0) is 13.8. The van der Waals surface area contributed by atoms with Crippen LogP contribution < -0.4 is 0 Å². The average Bonchev–Trinajstić information content (AvgIpc) is 2.89. The molecule has 1 aromatic heterocycles. The van der Waals surface area contributed by atoms with Gasteiger partial charge in [0.2, 0.25) is 0 Å². The molecule has 0 unspecified atom stereocenters. The van der Waals surface area contributed by atoms with Crippen molar-refractivity contribution in [2.75, 3.05) is 6.61 Å². The molecule has 0 aliphatic heterocycles. The molecule has 1 heterocycles. The highest BCUT2D eigenvalue weighted by Crippen LogP contribution is 2.16. The fraction of sp³-hybridized carbons (Fsp3) is 0.167. The lowest BCUT2D eigenvalue weighted by Crippen LogP contribution is -2.03. The maximum Gasteiger partial charge on any atom is 0.341 e. The Hall–Kier alpha value is -2.70. The van der Waals surface area contributed by atoms with Crippen LogP contribution in [0, 0.1) is 10.1 Å². The normalized spacial score (nSPS) is 10.2. The number of benzene rings is 1. The standard InChI is InChI=1S/C12H11N3O4/c1-2-19-12(16)9-7-13-14(8-9)10-4-3-5-11(6-10)15(17)18/h3-8H,2H2,1H3. The topological polar surface area (TPSA) is 87.3 Å². The van der Waals surface area contributed by atoms with Gasteiger partial charge in [0.15, 0.2) is 0 Å². The van der Waals surface area contributed by atoms with Crippen LogP contribution in [0.25, 0.3) is 5.69 Å². The summed E-state index contributed by atoms with van der Waals surface area (Å²) in [4.78, 5) is 21.7. The molecule has 0 amide bonds. The summed E-state index contributed by atoms with van der Waals surface area (Å²) in [5.74, 6) is -0.473. The van der Waals surface area contributed by atoms with Crippen molar-refractivity contribution in [1.29, 1.82) is 0 Å². The summed E-state index contributed by atoms with van der Waals surface area (Å²) in [5, 5.41) is 14.7.